The average Bonchev–Trinajstić information content (AvgIpc) is 0.646. The topological polar surface area (TPSA) is 4.44 Å². The Morgan fingerprint density at radius 3 is 0.348 bits per heavy atom. The Balaban J connectivity index is 0.000000644. The molecule has 43 heteroatoms. The Morgan fingerprint density at radius 2 is 0.209 bits per heavy atom. The maximum absolute atomic E-state index is 19.4. The first-order valence-corrected chi connectivity index (χ1v) is 33.0. The molecular weight excluding hydrogens is 1680 g/mol. The van der Waals surface area contributed by atoms with E-state index < -0.39 is 404 Å². The molecule has 0 aliphatic rings. The number of nitrogens with one attached hydrogen (secondary N) is 1. The van der Waals surface area contributed by atoms with Crippen molar-refractivity contribution < 1.29 is 185 Å². The maximum Gasteiger partial charge on any atom is 0.286 e. The minimum atomic E-state index is -10.9. The van der Waals surface area contributed by atoms with Gasteiger partial charge >= 0.3 is 0 Å². The molecule has 17 aromatic carbocycles. The van der Waals surface area contributed by atoms with Crippen molar-refractivity contribution in [3.8, 4) is 0 Å². The highest BCUT2D eigenvalue weighted by molar-refractivity contribution is 7.23. The number of benzene rings is 17. The smallest absolute Gasteiger partial charge is 0.286 e. The molecule has 17 aromatic rings. The monoisotopic (exact) mass is 1690 g/mol. The molecule has 0 aliphatic heterocycles. The second kappa shape index (κ2) is 24.5. The van der Waals surface area contributed by atoms with Crippen LogP contribution in [-0.2, 0) is 0 Å². The summed E-state index contributed by atoms with van der Waals surface area (Å²) in [6, 6.07) is 0. The highest BCUT2D eigenvalue weighted by Crippen LogP contribution is 2.54. The average molecular weight is 1690 g/mol. The highest BCUT2D eigenvalue weighted by atomic mass is 27.2. The van der Waals surface area contributed by atoms with Gasteiger partial charge in [-0.25, -0.2) is 171 Å². The van der Waals surface area contributed by atoms with Gasteiger partial charge in [0.05, 0.1) is 78.7 Å². The normalized spacial score (nSPS) is 12.7. The molecule has 0 aromatic heterocycles. The van der Waals surface area contributed by atoms with Crippen LogP contribution in [0.3, 0.4) is 0 Å². The summed E-state index contributed by atoms with van der Waals surface area (Å²) in [5.74, 6) is -138. The van der Waals surface area contributed by atoms with Gasteiger partial charge in [0, 0.05) is 43.1 Å². The highest BCUT2D eigenvalue weighted by Gasteiger charge is 2.56. The Bertz CT molecular complexity index is 6620. The van der Waals surface area contributed by atoms with Crippen LogP contribution < -0.4 is 22.6 Å². The van der Waals surface area contributed by atoms with Gasteiger partial charge in [0.1, 0.15) is 23.3 Å². The molecule has 0 atom stereocenters. The van der Waals surface area contributed by atoms with Crippen molar-refractivity contribution in [3.05, 3.63) is 239 Å². The van der Waals surface area contributed by atoms with Crippen LogP contribution >= 0.6 is 0 Å². The summed E-state index contributed by atoms with van der Waals surface area (Å²) in [6.07, 6.45) is 0. The summed E-state index contributed by atoms with van der Waals surface area (Å²) in [5.41, 5.74) is -0.860. The number of hydrogen-bond acceptors (Lipinski definition) is 0. The Kier molecular flexibility index (Phi) is 16.5. The van der Waals surface area contributed by atoms with Gasteiger partial charge in [-0.05, 0) is 21.5 Å². The lowest BCUT2D eigenvalue weighted by atomic mass is 9.90. The first kappa shape index (κ1) is 77.5. The fraction of sp³-hybridized carbons (Fsp3) is 0.0278. The predicted molar refractivity (Wildman–Crippen MR) is 322 cm³/mol. The molecule has 1 nitrogen and oxygen atoms in total. The van der Waals surface area contributed by atoms with E-state index in [4.69, 9.17) is 0 Å². The van der Waals surface area contributed by atoms with Crippen molar-refractivity contribution in [1.29, 1.82) is 0 Å². The quantitative estimate of drug-likeness (QED) is 0.0576. The van der Waals surface area contributed by atoms with Crippen LogP contribution in [0, 0.1) is 239 Å². The molecule has 0 unspecified atom stereocenters. The van der Waals surface area contributed by atoms with Crippen LogP contribution in [0.4, 0.5) is 186 Å². The fourth-order valence-electron chi connectivity index (χ4n) is 16.1. The Labute approximate surface area is 601 Å². The summed E-state index contributed by atoms with van der Waals surface area (Å²) in [6.45, 7) is 0. The second-order valence-corrected chi connectivity index (χ2v) is 29.8. The van der Waals surface area contributed by atoms with Gasteiger partial charge in [-0.3, -0.25) is 0 Å². The van der Waals surface area contributed by atoms with Crippen LogP contribution in [0.5, 0.6) is 0 Å². The molecule has 0 fully saturated rings. The minimum absolute atomic E-state index is 0.0257. The fourth-order valence-corrected chi connectivity index (χ4v) is 22.7. The van der Waals surface area contributed by atoms with E-state index in [0.29, 0.717) is 0 Å². The van der Waals surface area contributed by atoms with Crippen LogP contribution in [-0.4, -0.2) is 27.2 Å². The summed E-state index contributed by atoms with van der Waals surface area (Å²) < 4.78 is 669. The summed E-state index contributed by atoms with van der Waals surface area (Å²) in [5, 5.41) is -70.8. The first-order valence-electron chi connectivity index (χ1n) is 30.7. The Hall–Kier alpha value is -11.5. The van der Waals surface area contributed by atoms with Gasteiger partial charge in [0.15, 0.2) is 186 Å². The van der Waals surface area contributed by atoms with Gasteiger partial charge < -0.3 is 4.90 Å². The van der Waals surface area contributed by atoms with E-state index in [1.54, 1.807) is 0 Å². The number of quaternary nitrogens is 1. The molecule has 0 radical (unpaired) electrons. The molecule has 1 N–H and O–H groups in total. The van der Waals surface area contributed by atoms with Crippen LogP contribution in [0.2, 0.25) is 0 Å². The van der Waals surface area contributed by atoms with Crippen molar-refractivity contribution in [2.45, 2.75) is 0 Å². The zero-order valence-electron chi connectivity index (χ0n) is 53.6. The maximum atomic E-state index is 19.4. The SMILES string of the molecule is C[NH+](C)c1c(F)c(F)c(F)c(F)c1F.Fc1c(F)c2c(F)c(F)c3c(F)c(F)[c]([Al-]([c]4c(F)c(F)c5c(F)c(F)c6c(F)c(F)c(F)c7c(F)c(F)c4c5c67)([c]4c(F)c(F)c5c(F)c(F)c6c(F)c(F)c(F)c7c(F)c(F)c4c5c67)[c]4c(F)c(F)c5c(F)c(F)c6c(F)c(F)c(F)c7c(F)c(F)c4c5c67)c4c(F)c(F)c(c1F)c2c34. The van der Waals surface area contributed by atoms with E-state index >= 15 is 158 Å². The van der Waals surface area contributed by atoms with Gasteiger partial charge in [-0.2, -0.15) is 26.5 Å². The largest absolute Gasteiger partial charge is 0.302 e. The van der Waals surface area contributed by atoms with Gasteiger partial charge in [-0.15, -0.1) is 0 Å². The third kappa shape index (κ3) is 8.73. The third-order valence-corrected chi connectivity index (χ3v) is 26.1. The molecule has 0 aliphatic carbocycles. The summed E-state index contributed by atoms with van der Waals surface area (Å²) >= 11 is -10.9. The molecule has 0 spiro atoms. The van der Waals surface area contributed by atoms with Gasteiger partial charge in [-0.1, -0.05) is 0 Å². The predicted octanol–water partition coefficient (Wildman–Crippen LogP) is 20.8. The van der Waals surface area contributed by atoms with Crippen molar-refractivity contribution >= 4 is 166 Å². The second-order valence-electron chi connectivity index (χ2n) is 25.8. The lowest BCUT2D eigenvalue weighted by Crippen LogP contribution is -3.01. The lowest BCUT2D eigenvalue weighted by Gasteiger charge is -2.45. The molecular formula is C72H7AlF41N. The number of hydrogen-bond donors (Lipinski definition) is 1. The van der Waals surface area contributed by atoms with E-state index in [1.807, 2.05) is 0 Å². The van der Waals surface area contributed by atoms with E-state index in [1.165, 1.54) is 14.1 Å². The van der Waals surface area contributed by atoms with Crippen molar-refractivity contribution in [2.24, 2.45) is 0 Å². The number of rotatable bonds is 5. The third-order valence-electron chi connectivity index (χ3n) is 20.5. The van der Waals surface area contributed by atoms with E-state index in [2.05, 4.69) is 0 Å². The molecule has 0 heterocycles. The van der Waals surface area contributed by atoms with Crippen LogP contribution in [0.25, 0.3) is 129 Å². The molecule has 590 valence electrons. The molecule has 115 heavy (non-hydrogen) atoms. The van der Waals surface area contributed by atoms with Gasteiger partial charge in [0.25, 0.3) is 13.1 Å². The van der Waals surface area contributed by atoms with Crippen molar-refractivity contribution in [1.82, 2.24) is 0 Å². The minimum Gasteiger partial charge on any atom is -0.302 e. The molecule has 0 bridgehead atoms. The van der Waals surface area contributed by atoms with E-state index in [-0.39, 0.29) is 4.90 Å². The standard InChI is InChI=1S/4C16F9.C8H6F5N.Al/c4*17-3-1-2-4-5-7(11(20)9(2)18)14(23)16(25)15(24)8(5)13(22)12(21)6(4)10(3)19;1-14(2)8-6(12)4(10)3(9)5(11)7(8)13;/h;;;;1-2H3;/q;;;;;-1/p+1. The van der Waals surface area contributed by atoms with Crippen molar-refractivity contribution in [2.75, 3.05) is 14.1 Å². The Morgan fingerprint density at radius 1 is 0.113 bits per heavy atom. The summed E-state index contributed by atoms with van der Waals surface area (Å²) in [7, 11) is 2.52. The molecule has 0 amide bonds. The van der Waals surface area contributed by atoms with Crippen LogP contribution in [0.15, 0.2) is 0 Å². The number of halogens is 41. The summed E-state index contributed by atoms with van der Waals surface area (Å²) in [4.78, 5) is 0.0257. The van der Waals surface area contributed by atoms with E-state index in [0.717, 1.165) is 0 Å². The first-order chi connectivity index (χ1) is 53.6. The van der Waals surface area contributed by atoms with Gasteiger partial charge in [0.2, 0.25) is 34.8 Å². The lowest BCUT2D eigenvalue weighted by molar-refractivity contribution is -0.789. The zero-order chi connectivity index (χ0) is 84.5. The van der Waals surface area contributed by atoms with Crippen LogP contribution in [0.1, 0.15) is 0 Å². The molecule has 17 rings (SSSR count). The molecule has 0 saturated heterocycles. The van der Waals surface area contributed by atoms with Crippen molar-refractivity contribution in [3.63, 3.8) is 0 Å². The van der Waals surface area contributed by atoms with E-state index in [9.17, 15) is 22.0 Å². The molecule has 0 saturated carbocycles. The zero-order valence-corrected chi connectivity index (χ0v) is 54.7.